The van der Waals surface area contributed by atoms with Crippen molar-refractivity contribution in [2.24, 2.45) is 0 Å². The van der Waals surface area contributed by atoms with Crippen molar-refractivity contribution < 1.29 is 27.8 Å². The Morgan fingerprint density at radius 3 is 2.48 bits per heavy atom. The van der Waals surface area contributed by atoms with E-state index in [1.54, 1.807) is 19.1 Å². The number of carboxylic acid groups (broad SMARTS) is 1. The number of rotatable bonds is 7. The predicted octanol–water partition coefficient (Wildman–Crippen LogP) is 3.56. The van der Waals surface area contributed by atoms with Crippen LogP contribution in [-0.4, -0.2) is 33.7 Å². The molecule has 0 heterocycles. The fourth-order valence-electron chi connectivity index (χ4n) is 2.32. The van der Waals surface area contributed by atoms with Crippen LogP contribution in [0.25, 0.3) is 6.08 Å². The standard InChI is InChI=1S/C18H18ClNO6S/c1-11-4-6-13(19)10-14(11)20-27(23,24)16-9-12(5-7-17(21)22)8-15(25-2)18(16)26-3/h4-10,20H,1-3H3,(H,21,22)/b7-5+. The Labute approximate surface area is 162 Å². The van der Waals surface area contributed by atoms with Crippen molar-refractivity contribution in [1.82, 2.24) is 0 Å². The van der Waals surface area contributed by atoms with E-state index in [4.69, 9.17) is 26.2 Å². The number of aryl methyl sites for hydroxylation is 1. The van der Waals surface area contributed by atoms with Gasteiger partial charge in [-0.3, -0.25) is 4.72 Å². The first-order valence-corrected chi connectivity index (χ1v) is 9.50. The molecule has 0 spiro atoms. The summed E-state index contributed by atoms with van der Waals surface area (Å²) >= 11 is 5.95. The van der Waals surface area contributed by atoms with Crippen LogP contribution < -0.4 is 14.2 Å². The molecule has 0 amide bonds. The van der Waals surface area contributed by atoms with Gasteiger partial charge < -0.3 is 14.6 Å². The summed E-state index contributed by atoms with van der Waals surface area (Å²) in [5, 5.41) is 9.17. The highest BCUT2D eigenvalue weighted by atomic mass is 35.5. The number of anilines is 1. The van der Waals surface area contributed by atoms with Gasteiger partial charge in [-0.1, -0.05) is 17.7 Å². The van der Waals surface area contributed by atoms with E-state index in [0.717, 1.165) is 6.08 Å². The largest absolute Gasteiger partial charge is 0.493 e. The van der Waals surface area contributed by atoms with Gasteiger partial charge in [0.2, 0.25) is 0 Å². The lowest BCUT2D eigenvalue weighted by Crippen LogP contribution is -2.15. The first kappa shape index (κ1) is 20.6. The second-order valence-electron chi connectivity index (χ2n) is 5.49. The molecule has 0 bridgehead atoms. The molecule has 0 aromatic heterocycles. The number of halogens is 1. The Bertz CT molecular complexity index is 1000. The molecule has 0 saturated carbocycles. The molecule has 0 aliphatic rings. The molecule has 0 saturated heterocycles. The van der Waals surface area contributed by atoms with Crippen LogP contribution in [0, 0.1) is 6.92 Å². The van der Waals surface area contributed by atoms with Crippen molar-refractivity contribution in [1.29, 1.82) is 0 Å². The third-order valence-corrected chi connectivity index (χ3v) is 5.22. The average molecular weight is 412 g/mol. The average Bonchev–Trinajstić information content (AvgIpc) is 2.61. The maximum Gasteiger partial charge on any atom is 0.328 e. The Morgan fingerprint density at radius 1 is 1.19 bits per heavy atom. The maximum absolute atomic E-state index is 13.0. The third-order valence-electron chi connectivity index (χ3n) is 3.62. The molecule has 144 valence electrons. The zero-order chi connectivity index (χ0) is 20.2. The van der Waals surface area contributed by atoms with Crippen LogP contribution in [-0.2, 0) is 14.8 Å². The van der Waals surface area contributed by atoms with E-state index in [1.807, 2.05) is 0 Å². The minimum atomic E-state index is -4.08. The lowest BCUT2D eigenvalue weighted by Gasteiger charge is -2.16. The summed E-state index contributed by atoms with van der Waals surface area (Å²) in [6, 6.07) is 7.59. The number of nitrogens with one attached hydrogen (secondary N) is 1. The summed E-state index contributed by atoms with van der Waals surface area (Å²) < 4.78 is 38.8. The molecular weight excluding hydrogens is 394 g/mol. The molecule has 0 aliphatic heterocycles. The molecule has 9 heteroatoms. The summed E-state index contributed by atoms with van der Waals surface area (Å²) in [6.45, 7) is 1.73. The van der Waals surface area contributed by atoms with Crippen LogP contribution in [0.1, 0.15) is 11.1 Å². The number of carbonyl (C=O) groups is 1. The normalized spacial score (nSPS) is 11.4. The zero-order valence-corrected chi connectivity index (χ0v) is 16.4. The van der Waals surface area contributed by atoms with E-state index in [2.05, 4.69) is 4.72 Å². The summed E-state index contributed by atoms with van der Waals surface area (Å²) in [5.41, 5.74) is 1.31. The third kappa shape index (κ3) is 4.93. The number of methoxy groups -OCH3 is 2. The van der Waals surface area contributed by atoms with Crippen LogP contribution in [0.3, 0.4) is 0 Å². The molecule has 2 N–H and O–H groups in total. The predicted molar refractivity (Wildman–Crippen MR) is 103 cm³/mol. The van der Waals surface area contributed by atoms with Crippen molar-refractivity contribution >= 4 is 39.4 Å². The van der Waals surface area contributed by atoms with Gasteiger partial charge in [0, 0.05) is 11.1 Å². The topological polar surface area (TPSA) is 102 Å². The monoisotopic (exact) mass is 411 g/mol. The van der Waals surface area contributed by atoms with E-state index >= 15 is 0 Å². The van der Waals surface area contributed by atoms with Gasteiger partial charge in [0.15, 0.2) is 11.5 Å². The van der Waals surface area contributed by atoms with Crippen LogP contribution >= 0.6 is 11.6 Å². The summed E-state index contributed by atoms with van der Waals surface area (Å²) in [7, 11) is -1.42. The van der Waals surface area contributed by atoms with Crippen LogP contribution in [0.2, 0.25) is 5.02 Å². The van der Waals surface area contributed by atoms with E-state index in [9.17, 15) is 13.2 Å². The van der Waals surface area contributed by atoms with Gasteiger partial charge in [0.1, 0.15) is 4.90 Å². The number of benzene rings is 2. The fourth-order valence-corrected chi connectivity index (χ4v) is 3.83. The van der Waals surface area contributed by atoms with Crippen molar-refractivity contribution in [3.63, 3.8) is 0 Å². The molecule has 2 aromatic rings. The van der Waals surface area contributed by atoms with Gasteiger partial charge in [-0.15, -0.1) is 0 Å². The molecule has 2 rings (SSSR count). The molecule has 0 fully saturated rings. The lowest BCUT2D eigenvalue weighted by molar-refractivity contribution is -0.131. The molecule has 7 nitrogen and oxygen atoms in total. The first-order chi connectivity index (χ1) is 12.7. The number of aliphatic carboxylic acids is 1. The van der Waals surface area contributed by atoms with E-state index in [0.29, 0.717) is 21.8 Å². The first-order valence-electron chi connectivity index (χ1n) is 7.64. The van der Waals surface area contributed by atoms with Gasteiger partial charge in [0.25, 0.3) is 10.0 Å². The summed E-state index contributed by atoms with van der Waals surface area (Å²) in [6.07, 6.45) is 2.15. The van der Waals surface area contributed by atoms with Crippen molar-refractivity contribution in [3.05, 3.63) is 52.6 Å². The van der Waals surface area contributed by atoms with E-state index in [-0.39, 0.29) is 16.4 Å². The van der Waals surface area contributed by atoms with Gasteiger partial charge in [-0.05, 0) is 48.4 Å². The Morgan fingerprint density at radius 2 is 1.89 bits per heavy atom. The molecule has 27 heavy (non-hydrogen) atoms. The zero-order valence-electron chi connectivity index (χ0n) is 14.8. The fraction of sp³-hybridized carbons (Fsp3) is 0.167. The molecular formula is C18H18ClNO6S. The summed E-state index contributed by atoms with van der Waals surface area (Å²) in [4.78, 5) is 10.6. The molecule has 2 aromatic carbocycles. The maximum atomic E-state index is 13.0. The van der Waals surface area contributed by atoms with Gasteiger partial charge in [0.05, 0.1) is 19.9 Å². The minimum Gasteiger partial charge on any atom is -0.493 e. The Kier molecular flexibility index (Phi) is 6.35. The highest BCUT2D eigenvalue weighted by molar-refractivity contribution is 7.92. The number of sulfonamides is 1. The van der Waals surface area contributed by atoms with E-state index in [1.165, 1.54) is 38.5 Å². The van der Waals surface area contributed by atoms with E-state index < -0.39 is 16.0 Å². The van der Waals surface area contributed by atoms with Gasteiger partial charge >= 0.3 is 5.97 Å². The van der Waals surface area contributed by atoms with Gasteiger partial charge in [-0.25, -0.2) is 13.2 Å². The smallest absolute Gasteiger partial charge is 0.328 e. The van der Waals surface area contributed by atoms with Crippen molar-refractivity contribution in [3.8, 4) is 11.5 Å². The van der Waals surface area contributed by atoms with Crippen LogP contribution in [0.15, 0.2) is 41.3 Å². The number of hydrogen-bond donors (Lipinski definition) is 2. The number of ether oxygens (including phenoxy) is 2. The van der Waals surface area contributed by atoms with Crippen molar-refractivity contribution in [2.75, 3.05) is 18.9 Å². The molecule has 0 unspecified atom stereocenters. The molecule has 0 radical (unpaired) electrons. The van der Waals surface area contributed by atoms with Crippen molar-refractivity contribution in [2.45, 2.75) is 11.8 Å². The van der Waals surface area contributed by atoms with Gasteiger partial charge in [-0.2, -0.15) is 0 Å². The second-order valence-corrected chi connectivity index (χ2v) is 7.58. The highest BCUT2D eigenvalue weighted by Crippen LogP contribution is 2.37. The summed E-state index contributed by atoms with van der Waals surface area (Å²) in [5.74, 6) is -1.02. The minimum absolute atomic E-state index is 0.00263. The lowest BCUT2D eigenvalue weighted by atomic mass is 10.2. The SMILES string of the molecule is COc1cc(/C=C/C(=O)O)cc(S(=O)(=O)Nc2cc(Cl)ccc2C)c1OC. The Hall–Kier alpha value is -2.71. The van der Waals surface area contributed by atoms with Crippen LogP contribution in [0.4, 0.5) is 5.69 Å². The Balaban J connectivity index is 2.61. The number of carboxylic acids is 1. The number of hydrogen-bond acceptors (Lipinski definition) is 5. The second kappa shape index (κ2) is 8.32. The van der Waals surface area contributed by atoms with Crippen LogP contribution in [0.5, 0.6) is 11.5 Å². The highest BCUT2D eigenvalue weighted by Gasteiger charge is 2.24. The molecule has 0 aliphatic carbocycles. The molecule has 0 atom stereocenters. The quantitative estimate of drug-likeness (QED) is 0.675.